The van der Waals surface area contributed by atoms with Crippen molar-refractivity contribution in [1.29, 1.82) is 0 Å². The molecule has 8 nitrogen and oxygen atoms in total. The predicted molar refractivity (Wildman–Crippen MR) is 89.4 cm³/mol. The van der Waals surface area contributed by atoms with Crippen LogP contribution in [0.4, 0.5) is 10.7 Å². The number of carbonyl (C=O) groups is 1. The van der Waals surface area contributed by atoms with E-state index in [4.69, 9.17) is 0 Å². The molecular weight excluding hydrogens is 306 g/mol. The van der Waals surface area contributed by atoms with E-state index in [0.29, 0.717) is 24.9 Å². The molecule has 0 bridgehead atoms. The summed E-state index contributed by atoms with van der Waals surface area (Å²) in [5.41, 5.74) is 0.792. The molecule has 0 spiro atoms. The van der Waals surface area contributed by atoms with Crippen LogP contribution in [0.25, 0.3) is 0 Å². The fourth-order valence-electron chi connectivity index (χ4n) is 2.74. The van der Waals surface area contributed by atoms with Crippen LogP contribution in [0.2, 0.25) is 0 Å². The standard InChI is InChI=1S/C16H21N7O/c1-12-17-8-5-13(21-12)10-20-16(24)22-14-4-2-9-23(11-14)15-18-6-3-7-19-15/h3,5-8,14H,2,4,9-11H2,1H3,(H2,20,22,24)/t14-/m1/s1. The molecule has 0 unspecified atom stereocenters. The maximum absolute atomic E-state index is 12.1. The predicted octanol–water partition coefficient (Wildman–Crippen LogP) is 1.04. The van der Waals surface area contributed by atoms with E-state index in [1.807, 2.05) is 6.92 Å². The van der Waals surface area contributed by atoms with Gasteiger partial charge < -0.3 is 15.5 Å². The van der Waals surface area contributed by atoms with Gasteiger partial charge >= 0.3 is 6.03 Å². The third-order valence-corrected chi connectivity index (χ3v) is 3.86. The van der Waals surface area contributed by atoms with Crippen LogP contribution in [0.3, 0.4) is 0 Å². The van der Waals surface area contributed by atoms with Gasteiger partial charge in [-0.15, -0.1) is 0 Å². The van der Waals surface area contributed by atoms with Crippen molar-refractivity contribution in [3.8, 4) is 0 Å². The lowest BCUT2D eigenvalue weighted by Crippen LogP contribution is -2.50. The van der Waals surface area contributed by atoms with Crippen LogP contribution in [-0.2, 0) is 6.54 Å². The van der Waals surface area contributed by atoms with Gasteiger partial charge in [-0.1, -0.05) is 0 Å². The number of carbonyl (C=O) groups excluding carboxylic acids is 1. The second-order valence-corrected chi connectivity index (χ2v) is 5.76. The van der Waals surface area contributed by atoms with Crippen LogP contribution in [-0.4, -0.2) is 45.1 Å². The highest BCUT2D eigenvalue weighted by molar-refractivity contribution is 5.74. The number of aryl methyl sites for hydroxylation is 1. The average molecular weight is 327 g/mol. The van der Waals surface area contributed by atoms with Crippen LogP contribution >= 0.6 is 0 Å². The molecule has 2 aromatic rings. The SMILES string of the molecule is Cc1nccc(CNC(=O)N[C@@H]2CCCN(c3ncccn3)C2)n1. The number of nitrogens with one attached hydrogen (secondary N) is 2. The molecule has 1 aliphatic rings. The molecule has 1 atom stereocenters. The topological polar surface area (TPSA) is 95.9 Å². The van der Waals surface area contributed by atoms with Crippen molar-refractivity contribution in [1.82, 2.24) is 30.6 Å². The molecule has 2 amide bonds. The quantitative estimate of drug-likeness (QED) is 0.871. The summed E-state index contributed by atoms with van der Waals surface area (Å²) in [6.07, 6.45) is 7.10. The van der Waals surface area contributed by atoms with Gasteiger partial charge in [0.05, 0.1) is 12.2 Å². The minimum absolute atomic E-state index is 0.0784. The minimum atomic E-state index is -0.188. The molecule has 3 heterocycles. The van der Waals surface area contributed by atoms with Crippen molar-refractivity contribution in [2.45, 2.75) is 32.4 Å². The minimum Gasteiger partial charge on any atom is -0.339 e. The Morgan fingerprint density at radius 3 is 2.92 bits per heavy atom. The molecule has 0 radical (unpaired) electrons. The first kappa shape index (κ1) is 16.1. The van der Waals surface area contributed by atoms with Gasteiger partial charge in [0.15, 0.2) is 0 Å². The Balaban J connectivity index is 1.49. The smallest absolute Gasteiger partial charge is 0.315 e. The molecule has 0 aliphatic carbocycles. The second-order valence-electron chi connectivity index (χ2n) is 5.76. The maximum atomic E-state index is 12.1. The van der Waals surface area contributed by atoms with Crippen LogP contribution < -0.4 is 15.5 Å². The first-order valence-corrected chi connectivity index (χ1v) is 8.05. The third-order valence-electron chi connectivity index (χ3n) is 3.86. The summed E-state index contributed by atoms with van der Waals surface area (Å²) in [6.45, 7) is 3.83. The van der Waals surface area contributed by atoms with Gasteiger partial charge in [0, 0.05) is 37.7 Å². The summed E-state index contributed by atoms with van der Waals surface area (Å²) >= 11 is 0. The van der Waals surface area contributed by atoms with E-state index >= 15 is 0 Å². The first-order valence-electron chi connectivity index (χ1n) is 8.05. The lowest BCUT2D eigenvalue weighted by Gasteiger charge is -2.33. The lowest BCUT2D eigenvalue weighted by atomic mass is 10.1. The summed E-state index contributed by atoms with van der Waals surface area (Å²) in [5, 5.41) is 5.85. The molecule has 0 aromatic carbocycles. The number of hydrogen-bond donors (Lipinski definition) is 2. The Hall–Kier alpha value is -2.77. The summed E-state index contributed by atoms with van der Waals surface area (Å²) < 4.78 is 0. The van der Waals surface area contributed by atoms with Gasteiger partial charge in [0.2, 0.25) is 5.95 Å². The zero-order chi connectivity index (χ0) is 16.8. The second kappa shape index (κ2) is 7.67. The Labute approximate surface area is 140 Å². The Kier molecular flexibility index (Phi) is 5.15. The highest BCUT2D eigenvalue weighted by Gasteiger charge is 2.22. The highest BCUT2D eigenvalue weighted by atomic mass is 16.2. The molecule has 1 fully saturated rings. The molecule has 2 aromatic heterocycles. The average Bonchev–Trinajstić information content (AvgIpc) is 2.61. The van der Waals surface area contributed by atoms with Crippen LogP contribution in [0.5, 0.6) is 0 Å². The number of amides is 2. The lowest BCUT2D eigenvalue weighted by molar-refractivity contribution is 0.234. The van der Waals surface area contributed by atoms with Crippen molar-refractivity contribution in [3.63, 3.8) is 0 Å². The van der Waals surface area contributed by atoms with Crippen molar-refractivity contribution in [3.05, 3.63) is 42.2 Å². The summed E-state index contributed by atoms with van der Waals surface area (Å²) in [4.78, 5) is 31.0. The molecule has 3 rings (SSSR count). The van der Waals surface area contributed by atoms with E-state index < -0.39 is 0 Å². The molecule has 0 saturated carbocycles. The number of piperidine rings is 1. The Morgan fingerprint density at radius 1 is 1.29 bits per heavy atom. The number of rotatable bonds is 4. The van der Waals surface area contributed by atoms with Crippen LogP contribution in [0.15, 0.2) is 30.7 Å². The molecule has 8 heteroatoms. The maximum Gasteiger partial charge on any atom is 0.315 e. The van der Waals surface area contributed by atoms with Gasteiger partial charge in [0.1, 0.15) is 5.82 Å². The van der Waals surface area contributed by atoms with E-state index in [2.05, 4.69) is 35.5 Å². The summed E-state index contributed by atoms with van der Waals surface area (Å²) in [6, 6.07) is 3.48. The first-order chi connectivity index (χ1) is 11.7. The van der Waals surface area contributed by atoms with E-state index in [1.54, 1.807) is 30.7 Å². The molecule has 1 aliphatic heterocycles. The number of hydrogen-bond acceptors (Lipinski definition) is 6. The largest absolute Gasteiger partial charge is 0.339 e. The number of urea groups is 1. The molecule has 24 heavy (non-hydrogen) atoms. The molecule has 126 valence electrons. The van der Waals surface area contributed by atoms with Crippen molar-refractivity contribution in [2.75, 3.05) is 18.0 Å². The fourth-order valence-corrected chi connectivity index (χ4v) is 2.74. The zero-order valence-corrected chi connectivity index (χ0v) is 13.6. The van der Waals surface area contributed by atoms with E-state index in [0.717, 1.165) is 25.1 Å². The van der Waals surface area contributed by atoms with E-state index in [9.17, 15) is 4.79 Å². The van der Waals surface area contributed by atoms with Gasteiger partial charge in [-0.25, -0.2) is 24.7 Å². The van der Waals surface area contributed by atoms with Crippen molar-refractivity contribution in [2.24, 2.45) is 0 Å². The Morgan fingerprint density at radius 2 is 2.12 bits per heavy atom. The van der Waals surface area contributed by atoms with E-state index in [-0.39, 0.29) is 12.1 Å². The van der Waals surface area contributed by atoms with Crippen molar-refractivity contribution >= 4 is 12.0 Å². The van der Waals surface area contributed by atoms with Gasteiger partial charge in [0.25, 0.3) is 0 Å². The fraction of sp³-hybridized carbons (Fsp3) is 0.438. The Bertz CT molecular complexity index is 679. The van der Waals surface area contributed by atoms with Crippen molar-refractivity contribution < 1.29 is 4.79 Å². The van der Waals surface area contributed by atoms with E-state index in [1.165, 1.54) is 0 Å². The third kappa shape index (κ3) is 4.37. The van der Waals surface area contributed by atoms with Gasteiger partial charge in [-0.3, -0.25) is 0 Å². The van der Waals surface area contributed by atoms with Gasteiger partial charge in [-0.05, 0) is 31.9 Å². The summed E-state index contributed by atoms with van der Waals surface area (Å²) in [5.74, 6) is 1.40. The normalized spacial score (nSPS) is 17.4. The van der Waals surface area contributed by atoms with Crippen LogP contribution in [0.1, 0.15) is 24.4 Å². The highest BCUT2D eigenvalue weighted by Crippen LogP contribution is 2.15. The molecular formula is C16H21N7O. The molecule has 1 saturated heterocycles. The number of nitrogens with zero attached hydrogens (tertiary/aromatic N) is 5. The van der Waals surface area contributed by atoms with Crippen LogP contribution in [0, 0.1) is 6.92 Å². The monoisotopic (exact) mass is 327 g/mol. The summed E-state index contributed by atoms with van der Waals surface area (Å²) in [7, 11) is 0. The van der Waals surface area contributed by atoms with Gasteiger partial charge in [-0.2, -0.15) is 0 Å². The number of aromatic nitrogens is 4. The zero-order valence-electron chi connectivity index (χ0n) is 13.6. The molecule has 2 N–H and O–H groups in total. The number of anilines is 1.